The van der Waals surface area contributed by atoms with Crippen molar-refractivity contribution in [3.8, 4) is 0 Å². The Hall–Kier alpha value is -0.253. The van der Waals surface area contributed by atoms with Crippen LogP contribution in [0.2, 0.25) is 0 Å². The second-order valence-electron chi connectivity index (χ2n) is 2.25. The molecule has 0 heterocycles. The molecule has 0 aliphatic heterocycles. The molecule has 0 saturated heterocycles. The van der Waals surface area contributed by atoms with Crippen LogP contribution in [0.4, 0.5) is 0 Å². The maximum absolute atomic E-state index is 10.1. The summed E-state index contributed by atoms with van der Waals surface area (Å²) in [6.07, 6.45) is 0. The molecule has 0 unspecified atom stereocenters. The van der Waals surface area contributed by atoms with Crippen molar-refractivity contribution >= 4 is 15.0 Å². The molecule has 8 heteroatoms. The Balaban J connectivity index is 0. The van der Waals surface area contributed by atoms with E-state index in [0.717, 1.165) is 0 Å². The van der Waals surface area contributed by atoms with Crippen LogP contribution < -0.4 is 34.7 Å². The first-order valence-corrected chi connectivity index (χ1v) is 5.25. The van der Waals surface area contributed by atoms with Crippen LogP contribution in [0.15, 0.2) is 30.3 Å². The van der Waals surface area contributed by atoms with Gasteiger partial charge in [-0.15, -0.1) is 0 Å². The maximum atomic E-state index is 10.1. The van der Waals surface area contributed by atoms with E-state index in [1.807, 2.05) is 0 Å². The largest absolute Gasteiger partial charge is 1.00 e. The zero-order valence-electron chi connectivity index (χ0n) is 7.99. The molecule has 0 radical (unpaired) electrons. The van der Waals surface area contributed by atoms with Crippen molar-refractivity contribution in [3.63, 3.8) is 0 Å². The molecule has 0 spiro atoms. The van der Waals surface area contributed by atoms with Crippen LogP contribution in [-0.4, -0.2) is 34.2 Å². The summed E-state index contributed by atoms with van der Waals surface area (Å²) >= 11 is 0. The number of aromatic carboxylic acids is 1. The van der Waals surface area contributed by atoms with Crippen LogP contribution in [0.1, 0.15) is 10.4 Å². The quantitative estimate of drug-likeness (QED) is 0.363. The van der Waals surface area contributed by atoms with Crippen LogP contribution in [0.5, 0.6) is 0 Å². The molecule has 0 bridgehead atoms. The SMILES string of the molecule is O=C([O-])c1ccccc1.O[Si](O)(O)O.[Na+]. The number of carboxylic acid groups (broad SMARTS) is 1. The Labute approximate surface area is 109 Å². The van der Waals surface area contributed by atoms with Crippen molar-refractivity contribution < 1.29 is 58.6 Å². The van der Waals surface area contributed by atoms with Crippen molar-refractivity contribution in [2.45, 2.75) is 0 Å². The molecule has 0 aliphatic carbocycles. The number of carbonyl (C=O) groups excluding carboxylic acids is 1. The van der Waals surface area contributed by atoms with Crippen LogP contribution in [0.25, 0.3) is 0 Å². The molecule has 0 aliphatic rings. The van der Waals surface area contributed by atoms with Gasteiger partial charge in [0.15, 0.2) is 0 Å². The van der Waals surface area contributed by atoms with Gasteiger partial charge in [-0.2, -0.15) is 0 Å². The van der Waals surface area contributed by atoms with E-state index in [0.29, 0.717) is 0 Å². The topological polar surface area (TPSA) is 121 Å². The number of hydrogen-bond donors (Lipinski definition) is 4. The first kappa shape index (κ1) is 17.2. The van der Waals surface area contributed by atoms with Crippen LogP contribution in [-0.2, 0) is 0 Å². The molecule has 0 fully saturated rings. The zero-order chi connectivity index (χ0) is 11.2. The monoisotopic (exact) mass is 240 g/mol. The number of rotatable bonds is 1. The number of hydrogen-bond acceptors (Lipinski definition) is 6. The minimum Gasteiger partial charge on any atom is -0.545 e. The Bertz CT molecular complexity index is 279. The third-order valence-corrected chi connectivity index (χ3v) is 1.01. The van der Waals surface area contributed by atoms with Gasteiger partial charge in [0, 0.05) is 0 Å². The Kier molecular flexibility index (Phi) is 9.11. The van der Waals surface area contributed by atoms with Crippen LogP contribution in [0.3, 0.4) is 0 Å². The summed E-state index contributed by atoms with van der Waals surface area (Å²) in [5.41, 5.74) is 0.220. The normalized spacial score (nSPS) is 9.33. The van der Waals surface area contributed by atoms with Crippen molar-refractivity contribution in [3.05, 3.63) is 35.9 Å². The Morgan fingerprint density at radius 2 is 1.40 bits per heavy atom. The van der Waals surface area contributed by atoms with E-state index in [4.69, 9.17) is 19.2 Å². The molecule has 0 saturated carbocycles. The van der Waals surface area contributed by atoms with Gasteiger partial charge in [-0.3, -0.25) is 0 Å². The summed E-state index contributed by atoms with van der Waals surface area (Å²) in [7, 11) is -4.61. The van der Waals surface area contributed by atoms with E-state index in [9.17, 15) is 9.90 Å². The molecule has 6 nitrogen and oxygen atoms in total. The Morgan fingerprint density at radius 1 is 1.07 bits per heavy atom. The molecular weight excluding hydrogens is 231 g/mol. The molecule has 15 heavy (non-hydrogen) atoms. The molecule has 1 rings (SSSR count). The fraction of sp³-hybridized carbons (Fsp3) is 0. The van der Waals surface area contributed by atoms with Gasteiger partial charge >= 0.3 is 38.6 Å². The van der Waals surface area contributed by atoms with Gasteiger partial charge in [0.2, 0.25) is 0 Å². The second kappa shape index (κ2) is 7.96. The molecule has 78 valence electrons. The minimum atomic E-state index is -4.61. The van der Waals surface area contributed by atoms with Crippen LogP contribution in [0, 0.1) is 0 Å². The van der Waals surface area contributed by atoms with Crippen molar-refractivity contribution in [1.82, 2.24) is 0 Å². The fourth-order valence-electron chi connectivity index (χ4n) is 0.574. The first-order chi connectivity index (χ1) is 6.30. The van der Waals surface area contributed by atoms with E-state index < -0.39 is 15.0 Å². The van der Waals surface area contributed by atoms with Gasteiger partial charge < -0.3 is 29.1 Å². The maximum Gasteiger partial charge on any atom is 1.00 e. The van der Waals surface area contributed by atoms with E-state index in [-0.39, 0.29) is 35.1 Å². The average Bonchev–Trinajstić information content (AvgIpc) is 2.03. The first-order valence-electron chi connectivity index (χ1n) is 3.46. The average molecular weight is 240 g/mol. The van der Waals surface area contributed by atoms with Crippen molar-refractivity contribution in [2.75, 3.05) is 0 Å². The summed E-state index contributed by atoms with van der Waals surface area (Å²) in [6.45, 7) is 0. The summed E-state index contributed by atoms with van der Waals surface area (Å²) in [5.74, 6) is -1.13. The number of carbonyl (C=O) groups is 1. The molecule has 0 atom stereocenters. The summed E-state index contributed by atoms with van der Waals surface area (Å²) in [4.78, 5) is 39.4. The molecule has 1 aromatic rings. The minimum absolute atomic E-state index is 0. The number of benzene rings is 1. The smallest absolute Gasteiger partial charge is 0.545 e. The van der Waals surface area contributed by atoms with Gasteiger partial charge in [-0.1, -0.05) is 30.3 Å². The summed E-state index contributed by atoms with van der Waals surface area (Å²) in [6, 6.07) is 8.06. The number of carboxylic acids is 1. The van der Waals surface area contributed by atoms with Gasteiger partial charge in [-0.05, 0) is 5.56 Å². The Morgan fingerprint density at radius 3 is 1.60 bits per heavy atom. The van der Waals surface area contributed by atoms with E-state index in [1.54, 1.807) is 18.2 Å². The van der Waals surface area contributed by atoms with Crippen LogP contribution >= 0.6 is 0 Å². The van der Waals surface area contributed by atoms with Gasteiger partial charge in [0.05, 0.1) is 5.97 Å². The molecule has 4 N–H and O–H groups in total. The van der Waals surface area contributed by atoms with E-state index >= 15 is 0 Å². The standard InChI is InChI=1S/C7H6O2.Na.H4O4Si/c8-7(9)6-4-2-1-3-5-6;;1-5(2,3)4/h1-5H,(H,8,9);;1-4H/q;+1;/p-1. The van der Waals surface area contributed by atoms with E-state index in [1.165, 1.54) is 12.1 Å². The second-order valence-corrected chi connectivity index (χ2v) is 3.45. The predicted molar refractivity (Wildman–Crippen MR) is 45.4 cm³/mol. The van der Waals surface area contributed by atoms with Gasteiger partial charge in [-0.25, -0.2) is 0 Å². The molecule has 1 aromatic carbocycles. The molecular formula is C7H9NaO6Si. The fourth-order valence-corrected chi connectivity index (χ4v) is 0.574. The third kappa shape index (κ3) is 13.7. The zero-order valence-corrected chi connectivity index (χ0v) is 11.0. The summed E-state index contributed by atoms with van der Waals surface area (Å²) < 4.78 is 0. The van der Waals surface area contributed by atoms with E-state index in [2.05, 4.69) is 0 Å². The summed E-state index contributed by atoms with van der Waals surface area (Å²) in [5, 5.41) is 10.1. The van der Waals surface area contributed by atoms with Gasteiger partial charge in [0.1, 0.15) is 0 Å². The molecule has 0 aromatic heterocycles. The molecule has 0 amide bonds. The van der Waals surface area contributed by atoms with Crippen molar-refractivity contribution in [2.24, 2.45) is 0 Å². The third-order valence-electron chi connectivity index (χ3n) is 1.01. The predicted octanol–water partition coefficient (Wildman–Crippen LogP) is -5.55. The van der Waals surface area contributed by atoms with Gasteiger partial charge in [0.25, 0.3) is 0 Å². The van der Waals surface area contributed by atoms with Crippen molar-refractivity contribution in [1.29, 1.82) is 0 Å².